The predicted molar refractivity (Wildman–Crippen MR) is 109 cm³/mol. The number of alkyl halides is 3. The van der Waals surface area contributed by atoms with Gasteiger partial charge < -0.3 is 14.5 Å². The standard InChI is InChI=1S/C23H16F4N2O3/c1-31-19-4-2-3-16(20(19)24)21(30)18-11-29-22-17(18)9-14(10-28-22)13-5-7-15(8-6-13)32-12-23(25,26)27/h2-11H,12H2,1H3,(H,28,29). The lowest BCUT2D eigenvalue weighted by molar-refractivity contribution is -0.153. The minimum atomic E-state index is -4.42. The van der Waals surface area contributed by atoms with Gasteiger partial charge in [-0.25, -0.2) is 9.37 Å². The van der Waals surface area contributed by atoms with E-state index in [1.807, 2.05) is 0 Å². The summed E-state index contributed by atoms with van der Waals surface area (Å²) in [5.41, 5.74) is 1.81. The molecule has 0 aliphatic rings. The zero-order valence-electron chi connectivity index (χ0n) is 16.7. The van der Waals surface area contributed by atoms with Crippen LogP contribution in [0.2, 0.25) is 0 Å². The number of pyridine rings is 1. The maximum absolute atomic E-state index is 14.6. The number of hydrogen-bond acceptors (Lipinski definition) is 4. The summed E-state index contributed by atoms with van der Waals surface area (Å²) in [6, 6.07) is 12.0. The van der Waals surface area contributed by atoms with E-state index in [4.69, 9.17) is 9.47 Å². The Balaban J connectivity index is 1.66. The highest BCUT2D eigenvalue weighted by Crippen LogP contribution is 2.29. The number of aromatic amines is 1. The lowest BCUT2D eigenvalue weighted by Gasteiger charge is -2.10. The largest absolute Gasteiger partial charge is 0.494 e. The SMILES string of the molecule is COc1cccc(C(=O)c2c[nH]c3ncc(-c4ccc(OCC(F)(F)F)cc4)cc23)c1F. The number of fused-ring (bicyclic) bond motifs is 1. The number of ketones is 1. The van der Waals surface area contributed by atoms with Crippen molar-refractivity contribution in [3.05, 3.63) is 77.9 Å². The Kier molecular flexibility index (Phi) is 5.56. The maximum Gasteiger partial charge on any atom is 0.422 e. The Hall–Kier alpha value is -3.88. The molecule has 5 nitrogen and oxygen atoms in total. The summed E-state index contributed by atoms with van der Waals surface area (Å²) >= 11 is 0. The quantitative estimate of drug-likeness (QED) is 0.313. The molecule has 0 atom stereocenters. The first-order chi connectivity index (χ1) is 15.3. The van der Waals surface area contributed by atoms with Crippen molar-refractivity contribution in [3.8, 4) is 22.6 Å². The molecule has 164 valence electrons. The van der Waals surface area contributed by atoms with Crippen LogP contribution in [0.5, 0.6) is 11.5 Å². The van der Waals surface area contributed by atoms with Gasteiger partial charge in [0.1, 0.15) is 11.4 Å². The summed E-state index contributed by atoms with van der Waals surface area (Å²) in [6.45, 7) is -1.38. The summed E-state index contributed by atoms with van der Waals surface area (Å²) in [6.07, 6.45) is -1.41. The minimum absolute atomic E-state index is 0.0395. The van der Waals surface area contributed by atoms with Crippen molar-refractivity contribution >= 4 is 16.8 Å². The van der Waals surface area contributed by atoms with Crippen LogP contribution in [0.3, 0.4) is 0 Å². The monoisotopic (exact) mass is 444 g/mol. The molecule has 0 amide bonds. The van der Waals surface area contributed by atoms with E-state index in [-0.39, 0.29) is 22.6 Å². The van der Waals surface area contributed by atoms with Crippen molar-refractivity contribution in [2.75, 3.05) is 13.7 Å². The molecule has 0 fully saturated rings. The summed E-state index contributed by atoms with van der Waals surface area (Å²) < 4.78 is 61.1. The van der Waals surface area contributed by atoms with Gasteiger partial charge in [0.2, 0.25) is 0 Å². The molecule has 0 saturated carbocycles. The number of rotatable bonds is 6. The number of carbonyl (C=O) groups is 1. The number of nitrogens with zero attached hydrogens (tertiary/aromatic N) is 1. The van der Waals surface area contributed by atoms with Crippen molar-refractivity contribution < 1.29 is 31.8 Å². The third-order valence-corrected chi connectivity index (χ3v) is 4.79. The fraction of sp³-hybridized carbons (Fsp3) is 0.130. The van der Waals surface area contributed by atoms with Crippen molar-refractivity contribution in [1.29, 1.82) is 0 Å². The Morgan fingerprint density at radius 2 is 1.81 bits per heavy atom. The predicted octanol–water partition coefficient (Wildman–Crippen LogP) is 5.55. The van der Waals surface area contributed by atoms with Gasteiger partial charge in [-0.3, -0.25) is 4.79 Å². The second-order valence-electron chi connectivity index (χ2n) is 6.90. The Labute approximate surface area is 179 Å². The molecule has 4 rings (SSSR count). The number of H-pyrrole nitrogens is 1. The van der Waals surface area contributed by atoms with E-state index in [1.165, 1.54) is 43.6 Å². The normalized spacial score (nSPS) is 11.5. The first-order valence-corrected chi connectivity index (χ1v) is 9.41. The van der Waals surface area contributed by atoms with Gasteiger partial charge in [0, 0.05) is 28.9 Å². The van der Waals surface area contributed by atoms with Gasteiger partial charge in [-0.15, -0.1) is 0 Å². The van der Waals surface area contributed by atoms with Gasteiger partial charge in [-0.1, -0.05) is 18.2 Å². The van der Waals surface area contributed by atoms with Gasteiger partial charge in [0.05, 0.1) is 12.7 Å². The van der Waals surface area contributed by atoms with Crippen LogP contribution in [-0.2, 0) is 0 Å². The highest BCUT2D eigenvalue weighted by Gasteiger charge is 2.28. The van der Waals surface area contributed by atoms with Gasteiger partial charge in [-0.05, 0) is 35.9 Å². The highest BCUT2D eigenvalue weighted by molar-refractivity contribution is 6.16. The van der Waals surface area contributed by atoms with E-state index < -0.39 is 24.4 Å². The van der Waals surface area contributed by atoms with Crippen LogP contribution in [0, 0.1) is 5.82 Å². The van der Waals surface area contributed by atoms with E-state index >= 15 is 0 Å². The molecular weight excluding hydrogens is 428 g/mol. The zero-order chi connectivity index (χ0) is 22.9. The molecule has 0 saturated heterocycles. The average Bonchev–Trinajstić information content (AvgIpc) is 3.20. The summed E-state index contributed by atoms with van der Waals surface area (Å²) in [5, 5.41) is 0.479. The molecule has 32 heavy (non-hydrogen) atoms. The van der Waals surface area contributed by atoms with E-state index in [0.717, 1.165) is 0 Å². The molecule has 2 heterocycles. The third-order valence-electron chi connectivity index (χ3n) is 4.79. The summed E-state index contributed by atoms with van der Waals surface area (Å²) in [4.78, 5) is 20.2. The van der Waals surface area contributed by atoms with Crippen molar-refractivity contribution in [2.45, 2.75) is 6.18 Å². The number of carbonyl (C=O) groups excluding carboxylic acids is 1. The molecule has 4 aromatic rings. The molecule has 2 aromatic heterocycles. The van der Waals surface area contributed by atoms with Crippen LogP contribution in [0.1, 0.15) is 15.9 Å². The third kappa shape index (κ3) is 4.27. The van der Waals surface area contributed by atoms with Gasteiger partial charge >= 0.3 is 6.18 Å². The van der Waals surface area contributed by atoms with Crippen molar-refractivity contribution in [3.63, 3.8) is 0 Å². The maximum atomic E-state index is 14.6. The Bertz CT molecular complexity index is 1280. The number of hydrogen-bond donors (Lipinski definition) is 1. The molecule has 0 spiro atoms. The van der Waals surface area contributed by atoms with E-state index in [2.05, 4.69) is 9.97 Å². The molecule has 0 aliphatic carbocycles. The van der Waals surface area contributed by atoms with E-state index in [0.29, 0.717) is 22.2 Å². The molecule has 0 unspecified atom stereocenters. The van der Waals surface area contributed by atoms with Gasteiger partial charge in [-0.2, -0.15) is 13.2 Å². The zero-order valence-corrected chi connectivity index (χ0v) is 16.7. The summed E-state index contributed by atoms with van der Waals surface area (Å²) in [5.74, 6) is -1.26. The average molecular weight is 444 g/mol. The van der Waals surface area contributed by atoms with Crippen LogP contribution in [-0.4, -0.2) is 35.6 Å². The number of aromatic nitrogens is 2. The molecule has 1 N–H and O–H groups in total. The van der Waals surface area contributed by atoms with Crippen LogP contribution in [0.15, 0.2) is 60.9 Å². The molecule has 9 heteroatoms. The van der Waals surface area contributed by atoms with Gasteiger partial charge in [0.25, 0.3) is 0 Å². The van der Waals surface area contributed by atoms with Crippen LogP contribution >= 0.6 is 0 Å². The minimum Gasteiger partial charge on any atom is -0.494 e. The smallest absolute Gasteiger partial charge is 0.422 e. The number of halogens is 4. The molecular formula is C23H16F4N2O3. The second kappa shape index (κ2) is 8.33. The first-order valence-electron chi connectivity index (χ1n) is 9.41. The number of ether oxygens (including phenoxy) is 2. The molecule has 0 aliphatic heterocycles. The van der Waals surface area contributed by atoms with Crippen LogP contribution in [0.4, 0.5) is 17.6 Å². The Morgan fingerprint density at radius 1 is 1.06 bits per heavy atom. The van der Waals surface area contributed by atoms with Gasteiger partial charge in [0.15, 0.2) is 24.0 Å². The van der Waals surface area contributed by atoms with Crippen molar-refractivity contribution in [1.82, 2.24) is 9.97 Å². The first kappa shape index (κ1) is 21.4. The number of methoxy groups -OCH3 is 1. The Morgan fingerprint density at radius 3 is 2.50 bits per heavy atom. The lowest BCUT2D eigenvalue weighted by Crippen LogP contribution is -2.19. The number of nitrogens with one attached hydrogen (secondary N) is 1. The fourth-order valence-corrected chi connectivity index (χ4v) is 3.25. The molecule has 0 radical (unpaired) electrons. The highest BCUT2D eigenvalue weighted by atomic mass is 19.4. The number of benzene rings is 2. The fourth-order valence-electron chi connectivity index (χ4n) is 3.25. The molecule has 0 bridgehead atoms. The van der Waals surface area contributed by atoms with E-state index in [9.17, 15) is 22.4 Å². The van der Waals surface area contributed by atoms with Crippen molar-refractivity contribution in [2.24, 2.45) is 0 Å². The second-order valence-corrected chi connectivity index (χ2v) is 6.90. The topological polar surface area (TPSA) is 64.2 Å². The lowest BCUT2D eigenvalue weighted by atomic mass is 10.0. The van der Waals surface area contributed by atoms with E-state index in [1.54, 1.807) is 24.4 Å². The molecule has 2 aromatic carbocycles. The summed E-state index contributed by atoms with van der Waals surface area (Å²) in [7, 11) is 1.31. The van der Waals surface area contributed by atoms with Crippen LogP contribution in [0.25, 0.3) is 22.2 Å². The van der Waals surface area contributed by atoms with Crippen LogP contribution < -0.4 is 9.47 Å².